The van der Waals surface area contributed by atoms with Gasteiger partial charge in [-0.25, -0.2) is 9.97 Å². The quantitative estimate of drug-likeness (QED) is 0.379. The molecule has 0 N–H and O–H groups in total. The second-order valence-electron chi connectivity index (χ2n) is 6.30. The molecular weight excluding hydrogens is 387 g/mol. The molecule has 0 fully saturated rings. The number of methoxy groups -OCH3 is 1. The van der Waals surface area contributed by atoms with Crippen molar-refractivity contribution < 1.29 is 27.8 Å². The zero-order chi connectivity index (χ0) is 20.7. The van der Waals surface area contributed by atoms with Gasteiger partial charge in [0.15, 0.2) is 23.8 Å². The summed E-state index contributed by atoms with van der Waals surface area (Å²) < 4.78 is 42.0. The van der Waals surface area contributed by atoms with E-state index in [0.29, 0.717) is 17.0 Å². The summed E-state index contributed by atoms with van der Waals surface area (Å²) in [6, 6.07) is 0. The van der Waals surface area contributed by atoms with Gasteiger partial charge >= 0.3 is 7.60 Å². The van der Waals surface area contributed by atoms with Crippen LogP contribution in [0.15, 0.2) is 12.7 Å². The summed E-state index contributed by atoms with van der Waals surface area (Å²) >= 11 is 0. The normalized spacial score (nSPS) is 14.5. The third-order valence-corrected chi connectivity index (χ3v) is 5.60. The van der Waals surface area contributed by atoms with Gasteiger partial charge in [0.25, 0.3) is 0 Å². The summed E-state index contributed by atoms with van der Waals surface area (Å²) in [5.41, 5.74) is 1.12. The summed E-state index contributed by atoms with van der Waals surface area (Å²) in [7, 11) is -1.80. The van der Waals surface area contributed by atoms with Crippen molar-refractivity contribution in [2.75, 3.05) is 26.7 Å². The van der Waals surface area contributed by atoms with Gasteiger partial charge in [0, 0.05) is 5.92 Å². The number of fused-ring (bicyclic) bond motifs is 1. The Kier molecular flexibility index (Phi) is 8.33. The Labute approximate surface area is 165 Å². The van der Waals surface area contributed by atoms with Crippen LogP contribution in [0.4, 0.5) is 0 Å². The summed E-state index contributed by atoms with van der Waals surface area (Å²) in [5, 5.41) is 0. The molecule has 2 rings (SSSR count). The number of imidazole rings is 1. The van der Waals surface area contributed by atoms with Gasteiger partial charge in [0.05, 0.1) is 26.7 Å². The zero-order valence-electron chi connectivity index (χ0n) is 17.2. The molecule has 10 nitrogen and oxygen atoms in total. The molecule has 2 atom stereocenters. The molecular formula is C17H29N4O6P. The fraction of sp³-hybridized carbons (Fsp3) is 0.706. The van der Waals surface area contributed by atoms with Crippen LogP contribution < -0.4 is 4.74 Å². The van der Waals surface area contributed by atoms with Gasteiger partial charge in [-0.1, -0.05) is 13.8 Å². The average molecular weight is 416 g/mol. The standard InChI is InChI=1S/C17H29N4O6P/c1-7-25-28(22,26-8-2)11-24-17(12(3)4)27-13(5)21-10-20-14-15(21)18-9-19-16(14)23-6/h9-10,12-13,17H,7-8,11H2,1-6H3/t13-,17+/m1/s1. The third-order valence-electron chi connectivity index (χ3n) is 3.83. The highest BCUT2D eigenvalue weighted by Crippen LogP contribution is 2.48. The van der Waals surface area contributed by atoms with Gasteiger partial charge in [-0.3, -0.25) is 9.13 Å². The molecule has 0 unspecified atom stereocenters. The maximum atomic E-state index is 12.6. The molecule has 0 radical (unpaired) electrons. The average Bonchev–Trinajstić information content (AvgIpc) is 3.09. The largest absolute Gasteiger partial charge is 0.479 e. The first-order valence-corrected chi connectivity index (χ1v) is 10.9. The Balaban J connectivity index is 2.13. The van der Waals surface area contributed by atoms with Crippen molar-refractivity contribution in [1.29, 1.82) is 0 Å². The minimum Gasteiger partial charge on any atom is -0.479 e. The molecule has 2 aromatic heterocycles. The van der Waals surface area contributed by atoms with Gasteiger partial charge in [-0.2, -0.15) is 4.98 Å². The maximum Gasteiger partial charge on any atom is 0.356 e. The van der Waals surface area contributed by atoms with Crippen LogP contribution >= 0.6 is 7.60 Å². The molecule has 2 aromatic rings. The maximum absolute atomic E-state index is 12.6. The second-order valence-corrected chi connectivity index (χ2v) is 8.29. The molecule has 11 heteroatoms. The lowest BCUT2D eigenvalue weighted by Crippen LogP contribution is -2.27. The Morgan fingerprint density at radius 2 is 1.79 bits per heavy atom. The van der Waals surface area contributed by atoms with E-state index in [0.717, 1.165) is 0 Å². The highest BCUT2D eigenvalue weighted by molar-refractivity contribution is 7.53. The van der Waals surface area contributed by atoms with E-state index < -0.39 is 20.1 Å². The lowest BCUT2D eigenvalue weighted by atomic mass is 10.2. The summed E-state index contributed by atoms with van der Waals surface area (Å²) in [4.78, 5) is 12.6. The van der Waals surface area contributed by atoms with Crippen LogP contribution in [0.25, 0.3) is 11.2 Å². The van der Waals surface area contributed by atoms with Crippen molar-refractivity contribution in [3.8, 4) is 5.88 Å². The van der Waals surface area contributed by atoms with E-state index in [-0.39, 0.29) is 25.5 Å². The predicted molar refractivity (Wildman–Crippen MR) is 103 cm³/mol. The van der Waals surface area contributed by atoms with Crippen molar-refractivity contribution in [2.45, 2.75) is 47.1 Å². The molecule has 0 spiro atoms. The van der Waals surface area contributed by atoms with Gasteiger partial charge < -0.3 is 23.3 Å². The van der Waals surface area contributed by atoms with E-state index in [2.05, 4.69) is 15.0 Å². The Bertz CT molecular complexity index is 789. The minimum atomic E-state index is -3.32. The lowest BCUT2D eigenvalue weighted by Gasteiger charge is -2.27. The Morgan fingerprint density at radius 3 is 2.36 bits per heavy atom. The fourth-order valence-corrected chi connectivity index (χ4v) is 3.90. The fourth-order valence-electron chi connectivity index (χ4n) is 2.56. The van der Waals surface area contributed by atoms with Crippen molar-refractivity contribution in [2.24, 2.45) is 5.92 Å². The SMILES string of the molecule is CCOP(=O)(CO[C@@H](O[C@H](C)n1cnc2c(OC)ncnc21)C(C)C)OCC. The zero-order valence-corrected chi connectivity index (χ0v) is 18.1. The topological polar surface area (TPSA) is 107 Å². The van der Waals surface area contributed by atoms with E-state index >= 15 is 0 Å². The Hall–Kier alpha value is -1.58. The monoisotopic (exact) mass is 416 g/mol. The van der Waals surface area contributed by atoms with Crippen LogP contribution in [0, 0.1) is 5.92 Å². The molecule has 2 heterocycles. The predicted octanol–water partition coefficient (Wildman–Crippen LogP) is 3.59. The van der Waals surface area contributed by atoms with E-state index in [1.165, 1.54) is 13.4 Å². The van der Waals surface area contributed by atoms with E-state index in [1.54, 1.807) is 24.7 Å². The van der Waals surface area contributed by atoms with E-state index in [4.69, 9.17) is 23.3 Å². The molecule has 0 amide bonds. The van der Waals surface area contributed by atoms with Crippen LogP contribution in [0.3, 0.4) is 0 Å². The number of hydrogen-bond acceptors (Lipinski definition) is 9. The molecule has 0 aliphatic heterocycles. The minimum absolute atomic E-state index is 0.00176. The first-order valence-electron chi connectivity index (χ1n) is 9.21. The molecule has 0 aromatic carbocycles. The number of nitrogens with zero attached hydrogens (tertiary/aromatic N) is 4. The van der Waals surface area contributed by atoms with Crippen LogP contribution in [0.1, 0.15) is 40.8 Å². The third kappa shape index (κ3) is 5.48. The number of ether oxygens (including phenoxy) is 3. The van der Waals surface area contributed by atoms with Gasteiger partial charge in [-0.05, 0) is 20.8 Å². The highest BCUT2D eigenvalue weighted by Gasteiger charge is 2.28. The van der Waals surface area contributed by atoms with Crippen molar-refractivity contribution in [3.63, 3.8) is 0 Å². The first kappa shape index (κ1) is 22.7. The smallest absolute Gasteiger partial charge is 0.356 e. The Morgan fingerprint density at radius 1 is 1.11 bits per heavy atom. The molecule has 0 saturated heterocycles. The molecule has 0 aliphatic rings. The van der Waals surface area contributed by atoms with Crippen molar-refractivity contribution in [3.05, 3.63) is 12.7 Å². The van der Waals surface area contributed by atoms with Crippen molar-refractivity contribution in [1.82, 2.24) is 19.5 Å². The lowest BCUT2D eigenvalue weighted by molar-refractivity contribution is -0.198. The molecule has 158 valence electrons. The van der Waals surface area contributed by atoms with Gasteiger partial charge in [0.1, 0.15) is 12.6 Å². The van der Waals surface area contributed by atoms with Gasteiger partial charge in [-0.15, -0.1) is 0 Å². The second kappa shape index (κ2) is 10.3. The highest BCUT2D eigenvalue weighted by atomic mass is 31.2. The van der Waals surface area contributed by atoms with E-state index in [9.17, 15) is 4.57 Å². The first-order chi connectivity index (χ1) is 13.3. The van der Waals surface area contributed by atoms with Crippen LogP contribution in [-0.4, -0.2) is 52.5 Å². The summed E-state index contributed by atoms with van der Waals surface area (Å²) in [6.45, 7) is 9.79. The number of rotatable bonds is 12. The number of hydrogen-bond donors (Lipinski definition) is 0. The molecule has 0 bridgehead atoms. The molecule has 0 aliphatic carbocycles. The summed E-state index contributed by atoms with van der Waals surface area (Å²) in [5.74, 6) is 0.389. The van der Waals surface area contributed by atoms with Crippen molar-refractivity contribution >= 4 is 18.8 Å². The molecule has 0 saturated carbocycles. The van der Waals surface area contributed by atoms with Crippen LogP contribution in [0.5, 0.6) is 5.88 Å². The number of aromatic nitrogens is 4. The molecule has 28 heavy (non-hydrogen) atoms. The van der Waals surface area contributed by atoms with E-state index in [1.807, 2.05) is 20.8 Å². The van der Waals surface area contributed by atoms with Crippen LogP contribution in [0.2, 0.25) is 0 Å². The van der Waals surface area contributed by atoms with Gasteiger partial charge in [0.2, 0.25) is 5.88 Å². The summed E-state index contributed by atoms with van der Waals surface area (Å²) in [6.07, 6.45) is 1.74. The van der Waals surface area contributed by atoms with Crippen LogP contribution in [-0.2, 0) is 23.1 Å².